The van der Waals surface area contributed by atoms with Crippen LogP contribution in [-0.2, 0) is 5.41 Å². The van der Waals surface area contributed by atoms with Crippen LogP contribution in [0, 0.1) is 0 Å². The van der Waals surface area contributed by atoms with Crippen LogP contribution in [0.1, 0.15) is 25.8 Å². The number of hydrogen-bond acceptors (Lipinski definition) is 1. The summed E-state index contributed by atoms with van der Waals surface area (Å²) in [4.78, 5) is 0. The lowest BCUT2D eigenvalue weighted by atomic mass is 9.74. The molecule has 0 aliphatic heterocycles. The number of benzene rings is 1. The van der Waals surface area contributed by atoms with Crippen molar-refractivity contribution in [3.05, 3.63) is 59.3 Å². The SMILES string of the molecule is CC1=C(N)C=CC(C)(c2ccccc2)C1. The summed E-state index contributed by atoms with van der Waals surface area (Å²) in [5, 5.41) is 0. The molecule has 0 amide bonds. The van der Waals surface area contributed by atoms with Gasteiger partial charge in [0.15, 0.2) is 0 Å². The topological polar surface area (TPSA) is 26.0 Å². The van der Waals surface area contributed by atoms with E-state index in [0.717, 1.165) is 12.1 Å². The van der Waals surface area contributed by atoms with E-state index in [9.17, 15) is 0 Å². The first-order valence-corrected chi connectivity index (χ1v) is 5.32. The maximum Gasteiger partial charge on any atom is 0.0300 e. The standard InChI is InChI=1S/C14H17N/c1-11-10-14(2,9-8-13(11)15)12-6-4-3-5-7-12/h3-9H,10,15H2,1-2H3. The average molecular weight is 199 g/mol. The minimum absolute atomic E-state index is 0.105. The summed E-state index contributed by atoms with van der Waals surface area (Å²) in [5.74, 6) is 0. The Balaban J connectivity index is 2.36. The second-order valence-electron chi connectivity index (χ2n) is 4.53. The highest BCUT2D eigenvalue weighted by Gasteiger charge is 2.26. The molecule has 1 aliphatic rings. The van der Waals surface area contributed by atoms with Crippen LogP contribution in [0.5, 0.6) is 0 Å². The number of rotatable bonds is 1. The Labute approximate surface area is 91.3 Å². The van der Waals surface area contributed by atoms with Gasteiger partial charge >= 0.3 is 0 Å². The molecule has 1 unspecified atom stereocenters. The molecule has 0 radical (unpaired) electrons. The van der Waals surface area contributed by atoms with Gasteiger partial charge in [-0.25, -0.2) is 0 Å². The van der Waals surface area contributed by atoms with E-state index >= 15 is 0 Å². The molecule has 15 heavy (non-hydrogen) atoms. The molecular formula is C14H17N. The van der Waals surface area contributed by atoms with Crippen LogP contribution in [0.15, 0.2) is 53.8 Å². The van der Waals surface area contributed by atoms with E-state index in [0.29, 0.717) is 0 Å². The van der Waals surface area contributed by atoms with Gasteiger partial charge in [-0.15, -0.1) is 0 Å². The largest absolute Gasteiger partial charge is 0.399 e. The van der Waals surface area contributed by atoms with E-state index in [2.05, 4.69) is 50.3 Å². The summed E-state index contributed by atoms with van der Waals surface area (Å²) in [5.41, 5.74) is 9.53. The molecule has 1 aliphatic carbocycles. The Morgan fingerprint density at radius 1 is 1.20 bits per heavy atom. The van der Waals surface area contributed by atoms with E-state index in [4.69, 9.17) is 5.73 Å². The predicted molar refractivity (Wildman–Crippen MR) is 64.4 cm³/mol. The number of nitrogens with two attached hydrogens (primary N) is 1. The first-order valence-electron chi connectivity index (χ1n) is 5.32. The van der Waals surface area contributed by atoms with Gasteiger partial charge < -0.3 is 5.73 Å². The molecule has 0 heterocycles. The highest BCUT2D eigenvalue weighted by atomic mass is 14.6. The van der Waals surface area contributed by atoms with Crippen LogP contribution in [0.25, 0.3) is 0 Å². The zero-order valence-corrected chi connectivity index (χ0v) is 9.33. The molecule has 0 aromatic heterocycles. The van der Waals surface area contributed by atoms with E-state index in [1.807, 2.05) is 6.08 Å². The number of hydrogen-bond donors (Lipinski definition) is 1. The number of allylic oxidation sites excluding steroid dienone is 3. The van der Waals surface area contributed by atoms with Crippen LogP contribution in [0.4, 0.5) is 0 Å². The fraction of sp³-hybridized carbons (Fsp3) is 0.286. The average Bonchev–Trinajstić information content (AvgIpc) is 2.26. The van der Waals surface area contributed by atoms with Gasteiger partial charge in [0.25, 0.3) is 0 Å². The van der Waals surface area contributed by atoms with Gasteiger partial charge in [-0.05, 0) is 30.6 Å². The van der Waals surface area contributed by atoms with E-state index < -0.39 is 0 Å². The Hall–Kier alpha value is -1.50. The Morgan fingerprint density at radius 2 is 1.87 bits per heavy atom. The molecule has 0 bridgehead atoms. The normalized spacial score (nSPS) is 25.7. The zero-order valence-electron chi connectivity index (χ0n) is 9.33. The highest BCUT2D eigenvalue weighted by molar-refractivity contribution is 5.39. The molecule has 2 N–H and O–H groups in total. The summed E-state index contributed by atoms with van der Waals surface area (Å²) in [6, 6.07) is 10.6. The monoisotopic (exact) mass is 199 g/mol. The van der Waals surface area contributed by atoms with Crippen molar-refractivity contribution in [3.8, 4) is 0 Å². The van der Waals surface area contributed by atoms with Crippen molar-refractivity contribution < 1.29 is 0 Å². The van der Waals surface area contributed by atoms with E-state index in [-0.39, 0.29) is 5.41 Å². The van der Waals surface area contributed by atoms with Gasteiger partial charge in [-0.2, -0.15) is 0 Å². The van der Waals surface area contributed by atoms with Gasteiger partial charge in [0, 0.05) is 11.1 Å². The summed E-state index contributed by atoms with van der Waals surface area (Å²) >= 11 is 0. The third-order valence-electron chi connectivity index (χ3n) is 3.19. The van der Waals surface area contributed by atoms with Crippen molar-refractivity contribution in [2.75, 3.05) is 0 Å². The Bertz CT molecular complexity index is 414. The second-order valence-corrected chi connectivity index (χ2v) is 4.53. The van der Waals surface area contributed by atoms with Crippen molar-refractivity contribution in [1.29, 1.82) is 0 Å². The molecule has 1 aromatic carbocycles. The molecule has 78 valence electrons. The summed E-state index contributed by atoms with van der Waals surface area (Å²) in [6.45, 7) is 4.37. The molecule has 0 fully saturated rings. The molecule has 0 spiro atoms. The van der Waals surface area contributed by atoms with Gasteiger partial charge in [0.1, 0.15) is 0 Å². The van der Waals surface area contributed by atoms with Crippen molar-refractivity contribution in [2.24, 2.45) is 5.73 Å². The van der Waals surface area contributed by atoms with Crippen LogP contribution >= 0.6 is 0 Å². The predicted octanol–water partition coefficient (Wildman–Crippen LogP) is 3.14. The minimum atomic E-state index is 0.105. The lowest BCUT2D eigenvalue weighted by Crippen LogP contribution is -2.23. The van der Waals surface area contributed by atoms with Crippen LogP contribution in [0.2, 0.25) is 0 Å². The van der Waals surface area contributed by atoms with Crippen molar-refractivity contribution in [2.45, 2.75) is 25.7 Å². The van der Waals surface area contributed by atoms with Crippen LogP contribution in [-0.4, -0.2) is 0 Å². The Morgan fingerprint density at radius 3 is 2.47 bits per heavy atom. The molecule has 1 atom stereocenters. The van der Waals surface area contributed by atoms with Gasteiger partial charge in [0.05, 0.1) is 0 Å². The third-order valence-corrected chi connectivity index (χ3v) is 3.19. The van der Waals surface area contributed by atoms with Gasteiger partial charge in [-0.1, -0.05) is 43.3 Å². The van der Waals surface area contributed by atoms with Crippen molar-refractivity contribution >= 4 is 0 Å². The Kier molecular flexibility index (Phi) is 2.39. The molecule has 0 saturated heterocycles. The molecule has 2 rings (SSSR count). The van der Waals surface area contributed by atoms with Crippen LogP contribution in [0.3, 0.4) is 0 Å². The maximum atomic E-state index is 5.87. The maximum absolute atomic E-state index is 5.87. The fourth-order valence-electron chi connectivity index (χ4n) is 2.14. The van der Waals surface area contributed by atoms with Crippen molar-refractivity contribution in [1.82, 2.24) is 0 Å². The lowest BCUT2D eigenvalue weighted by molar-refractivity contribution is 0.576. The van der Waals surface area contributed by atoms with Crippen LogP contribution < -0.4 is 5.73 Å². The molecular weight excluding hydrogens is 182 g/mol. The van der Waals surface area contributed by atoms with Crippen molar-refractivity contribution in [3.63, 3.8) is 0 Å². The summed E-state index contributed by atoms with van der Waals surface area (Å²) in [6.07, 6.45) is 5.26. The summed E-state index contributed by atoms with van der Waals surface area (Å²) < 4.78 is 0. The smallest absolute Gasteiger partial charge is 0.0300 e. The second kappa shape index (κ2) is 3.58. The lowest BCUT2D eigenvalue weighted by Gasteiger charge is -2.30. The molecule has 1 aromatic rings. The van der Waals surface area contributed by atoms with E-state index in [1.54, 1.807) is 0 Å². The fourth-order valence-corrected chi connectivity index (χ4v) is 2.14. The van der Waals surface area contributed by atoms with Gasteiger partial charge in [-0.3, -0.25) is 0 Å². The summed E-state index contributed by atoms with van der Waals surface area (Å²) in [7, 11) is 0. The molecule has 1 heteroatoms. The third kappa shape index (κ3) is 1.82. The quantitative estimate of drug-likeness (QED) is 0.738. The minimum Gasteiger partial charge on any atom is -0.399 e. The molecule has 1 nitrogen and oxygen atoms in total. The molecule has 0 saturated carbocycles. The zero-order chi connectivity index (χ0) is 10.9. The highest BCUT2D eigenvalue weighted by Crippen LogP contribution is 2.35. The first-order chi connectivity index (χ1) is 7.12. The van der Waals surface area contributed by atoms with Gasteiger partial charge in [0.2, 0.25) is 0 Å². The van der Waals surface area contributed by atoms with E-state index in [1.165, 1.54) is 11.1 Å². The first kappa shape index (κ1) is 10.0.